The van der Waals surface area contributed by atoms with Crippen molar-refractivity contribution in [1.82, 2.24) is 10.6 Å². The zero-order valence-corrected chi connectivity index (χ0v) is 12.1. The van der Waals surface area contributed by atoms with Gasteiger partial charge in [-0.25, -0.2) is 0 Å². The van der Waals surface area contributed by atoms with E-state index in [0.29, 0.717) is 19.5 Å². The molecule has 1 atom stereocenters. The summed E-state index contributed by atoms with van der Waals surface area (Å²) in [6, 6.07) is 6.40. The molecule has 0 saturated carbocycles. The molecule has 1 heterocycles. The molecule has 1 amide bonds. The highest BCUT2D eigenvalue weighted by Crippen LogP contribution is 2.29. The lowest BCUT2D eigenvalue weighted by Crippen LogP contribution is -2.28. The van der Waals surface area contributed by atoms with Crippen LogP contribution >= 0.6 is 11.6 Å². The molecule has 0 radical (unpaired) electrons. The molecule has 0 aromatic heterocycles. The highest BCUT2D eigenvalue weighted by molar-refractivity contribution is 6.33. The molecule has 1 aromatic carbocycles. The van der Waals surface area contributed by atoms with Crippen LogP contribution < -0.4 is 15.5 Å². The number of carbonyl (C=O) groups excluding carboxylic acids is 1. The minimum Gasteiger partial charge on any atom is -0.368 e. The van der Waals surface area contributed by atoms with Gasteiger partial charge >= 0.3 is 0 Å². The third-order valence-corrected chi connectivity index (χ3v) is 3.86. The van der Waals surface area contributed by atoms with Crippen LogP contribution in [0.4, 0.5) is 5.69 Å². The average Bonchev–Trinajstić information content (AvgIpc) is 2.62. The smallest absolute Gasteiger partial charge is 0.221 e. The van der Waals surface area contributed by atoms with Crippen LogP contribution in [-0.4, -0.2) is 32.6 Å². The summed E-state index contributed by atoms with van der Waals surface area (Å²) >= 11 is 6.38. The van der Waals surface area contributed by atoms with Gasteiger partial charge in [0.05, 0.1) is 10.7 Å². The van der Waals surface area contributed by atoms with E-state index < -0.39 is 0 Å². The summed E-state index contributed by atoms with van der Waals surface area (Å²) in [5, 5.41) is 6.81. The first kappa shape index (κ1) is 14.2. The fourth-order valence-corrected chi connectivity index (χ4v) is 2.53. The van der Waals surface area contributed by atoms with Crippen molar-refractivity contribution in [1.29, 1.82) is 0 Å². The summed E-state index contributed by atoms with van der Waals surface area (Å²) < 4.78 is 0. The molecule has 104 valence electrons. The minimum absolute atomic E-state index is 0.110. The summed E-state index contributed by atoms with van der Waals surface area (Å²) in [7, 11) is 1.93. The van der Waals surface area contributed by atoms with E-state index >= 15 is 0 Å². The van der Waals surface area contributed by atoms with E-state index in [9.17, 15) is 4.79 Å². The first-order valence-electron chi connectivity index (χ1n) is 6.60. The highest BCUT2D eigenvalue weighted by Gasteiger charge is 2.16. The van der Waals surface area contributed by atoms with E-state index in [1.807, 2.05) is 19.2 Å². The van der Waals surface area contributed by atoms with Crippen molar-refractivity contribution < 1.29 is 4.79 Å². The fourth-order valence-electron chi connectivity index (χ4n) is 2.22. The predicted octanol–water partition coefficient (Wildman–Crippen LogP) is 1.95. The molecule has 2 N–H and O–H groups in total. The van der Waals surface area contributed by atoms with Gasteiger partial charge in [-0.1, -0.05) is 17.7 Å². The molecule has 19 heavy (non-hydrogen) atoms. The van der Waals surface area contributed by atoms with Gasteiger partial charge in [0, 0.05) is 32.1 Å². The molecular weight excluding hydrogens is 262 g/mol. The normalized spacial score (nSPS) is 17.8. The van der Waals surface area contributed by atoms with E-state index in [1.165, 1.54) is 5.56 Å². The largest absolute Gasteiger partial charge is 0.368 e. The lowest BCUT2D eigenvalue weighted by atomic mass is 10.1. The van der Waals surface area contributed by atoms with Crippen LogP contribution in [0.3, 0.4) is 0 Å². The van der Waals surface area contributed by atoms with Crippen LogP contribution in [0.5, 0.6) is 0 Å². The van der Waals surface area contributed by atoms with Gasteiger partial charge in [0.2, 0.25) is 5.91 Å². The Morgan fingerprint density at radius 2 is 2.21 bits per heavy atom. The number of halogens is 1. The van der Waals surface area contributed by atoms with Gasteiger partial charge in [-0.2, -0.15) is 0 Å². The van der Waals surface area contributed by atoms with Gasteiger partial charge in [-0.05, 0) is 31.7 Å². The highest BCUT2D eigenvalue weighted by atomic mass is 35.5. The van der Waals surface area contributed by atoms with Crippen molar-refractivity contribution >= 4 is 23.2 Å². The minimum atomic E-state index is 0.110. The molecule has 1 unspecified atom stereocenters. The second-order valence-corrected chi connectivity index (χ2v) is 5.22. The molecule has 0 spiro atoms. The van der Waals surface area contributed by atoms with Crippen molar-refractivity contribution in [2.45, 2.75) is 19.4 Å². The molecule has 1 aliphatic rings. The monoisotopic (exact) mass is 281 g/mol. The maximum Gasteiger partial charge on any atom is 0.221 e. The fraction of sp³-hybridized carbons (Fsp3) is 0.500. The lowest BCUT2D eigenvalue weighted by molar-refractivity contribution is -0.120. The first-order valence-corrected chi connectivity index (χ1v) is 6.98. The van der Waals surface area contributed by atoms with Gasteiger partial charge < -0.3 is 15.5 Å². The number of anilines is 1. The van der Waals surface area contributed by atoms with E-state index in [1.54, 1.807) is 0 Å². The molecule has 1 aliphatic heterocycles. The zero-order chi connectivity index (χ0) is 13.8. The van der Waals surface area contributed by atoms with Gasteiger partial charge in [-0.3, -0.25) is 4.79 Å². The Morgan fingerprint density at radius 1 is 1.42 bits per heavy atom. The predicted molar refractivity (Wildman–Crippen MR) is 78.8 cm³/mol. The molecule has 2 rings (SSSR count). The Kier molecular flexibility index (Phi) is 4.66. The van der Waals surface area contributed by atoms with Crippen LogP contribution in [0.1, 0.15) is 24.9 Å². The van der Waals surface area contributed by atoms with E-state index in [-0.39, 0.29) is 11.9 Å². The molecular formula is C14H20ClN3O. The number of carbonyl (C=O) groups is 1. The SMILES string of the molecule is CNC(C)c1ccc(N2CCNC(=O)CC2)c(Cl)c1. The summed E-state index contributed by atoms with van der Waals surface area (Å²) in [4.78, 5) is 13.5. The Balaban J connectivity index is 2.18. The molecule has 1 aromatic rings. The lowest BCUT2D eigenvalue weighted by Gasteiger charge is -2.24. The Morgan fingerprint density at radius 3 is 2.89 bits per heavy atom. The Bertz CT molecular complexity index is 464. The average molecular weight is 282 g/mol. The molecule has 0 aliphatic carbocycles. The van der Waals surface area contributed by atoms with Crippen LogP contribution in [0.25, 0.3) is 0 Å². The Hall–Kier alpha value is -1.26. The van der Waals surface area contributed by atoms with Crippen LogP contribution in [-0.2, 0) is 4.79 Å². The molecule has 1 saturated heterocycles. The van der Waals surface area contributed by atoms with Gasteiger partial charge in [-0.15, -0.1) is 0 Å². The summed E-state index contributed by atoms with van der Waals surface area (Å²) in [6.45, 7) is 4.28. The quantitative estimate of drug-likeness (QED) is 0.890. The van der Waals surface area contributed by atoms with E-state index in [4.69, 9.17) is 11.6 Å². The van der Waals surface area contributed by atoms with Crippen molar-refractivity contribution in [2.24, 2.45) is 0 Å². The maximum absolute atomic E-state index is 11.3. The molecule has 4 nitrogen and oxygen atoms in total. The second kappa shape index (κ2) is 6.26. The first-order chi connectivity index (χ1) is 9.11. The Labute approximate surface area is 119 Å². The van der Waals surface area contributed by atoms with Crippen molar-refractivity contribution in [3.63, 3.8) is 0 Å². The van der Waals surface area contributed by atoms with Gasteiger partial charge in [0.1, 0.15) is 0 Å². The topological polar surface area (TPSA) is 44.4 Å². The number of nitrogens with zero attached hydrogens (tertiary/aromatic N) is 1. The van der Waals surface area contributed by atoms with E-state index in [0.717, 1.165) is 17.3 Å². The van der Waals surface area contributed by atoms with Crippen LogP contribution in [0.15, 0.2) is 18.2 Å². The standard InChI is InChI=1S/C14H20ClN3O/c1-10(16-2)11-3-4-13(12(15)9-11)18-7-5-14(19)17-6-8-18/h3-4,9-10,16H,5-8H2,1-2H3,(H,17,19). The van der Waals surface area contributed by atoms with Crippen LogP contribution in [0, 0.1) is 0 Å². The van der Waals surface area contributed by atoms with E-state index in [2.05, 4.69) is 28.5 Å². The maximum atomic E-state index is 11.3. The van der Waals surface area contributed by atoms with Crippen molar-refractivity contribution in [2.75, 3.05) is 31.6 Å². The summed E-state index contributed by atoms with van der Waals surface area (Å²) in [6.07, 6.45) is 0.519. The van der Waals surface area contributed by atoms with Crippen molar-refractivity contribution in [3.8, 4) is 0 Å². The third kappa shape index (κ3) is 3.39. The number of rotatable bonds is 3. The molecule has 1 fully saturated rings. The number of nitrogens with one attached hydrogen (secondary N) is 2. The van der Waals surface area contributed by atoms with Gasteiger partial charge in [0.15, 0.2) is 0 Å². The number of benzene rings is 1. The third-order valence-electron chi connectivity index (χ3n) is 3.56. The van der Waals surface area contributed by atoms with Crippen LogP contribution in [0.2, 0.25) is 5.02 Å². The zero-order valence-electron chi connectivity index (χ0n) is 11.4. The summed E-state index contributed by atoms with van der Waals surface area (Å²) in [5.74, 6) is 0.110. The number of hydrogen-bond acceptors (Lipinski definition) is 3. The number of amides is 1. The number of hydrogen-bond donors (Lipinski definition) is 2. The van der Waals surface area contributed by atoms with Gasteiger partial charge in [0.25, 0.3) is 0 Å². The molecule has 0 bridgehead atoms. The summed E-state index contributed by atoms with van der Waals surface area (Å²) in [5.41, 5.74) is 2.17. The van der Waals surface area contributed by atoms with Crippen molar-refractivity contribution in [3.05, 3.63) is 28.8 Å². The second-order valence-electron chi connectivity index (χ2n) is 4.81. The molecule has 5 heteroatoms.